The van der Waals surface area contributed by atoms with Crippen LogP contribution in [0.15, 0.2) is 54.9 Å². The number of carbonyl (C=O) groups is 1. The summed E-state index contributed by atoms with van der Waals surface area (Å²) in [6.45, 7) is -0.409. The van der Waals surface area contributed by atoms with Gasteiger partial charge >= 0.3 is 5.69 Å². The predicted molar refractivity (Wildman–Crippen MR) is 116 cm³/mol. The van der Waals surface area contributed by atoms with Crippen LogP contribution in [0.3, 0.4) is 0 Å². The van der Waals surface area contributed by atoms with Crippen LogP contribution in [-0.2, 0) is 4.79 Å². The molecule has 3 rings (SSSR count). The lowest BCUT2D eigenvalue weighted by Crippen LogP contribution is -2.34. The summed E-state index contributed by atoms with van der Waals surface area (Å²) in [6, 6.07) is 13.5. The number of aromatic nitrogens is 2. The minimum absolute atomic E-state index is 0.107. The number of hydrogen-bond donors (Lipinski definition) is 4. The molecule has 1 aromatic heterocycles. The third-order valence-corrected chi connectivity index (χ3v) is 4.21. The number of nitrogens with one attached hydrogen (secondary N) is 4. The summed E-state index contributed by atoms with van der Waals surface area (Å²) in [7, 11) is 0. The van der Waals surface area contributed by atoms with E-state index in [4.69, 9.17) is 27.9 Å². The average molecular weight is 464 g/mol. The van der Waals surface area contributed by atoms with E-state index < -0.39 is 23.1 Å². The molecule has 1 amide bonds. The highest BCUT2D eigenvalue weighted by Crippen LogP contribution is 2.29. The highest BCUT2D eigenvalue weighted by Gasteiger charge is 2.23. The summed E-state index contributed by atoms with van der Waals surface area (Å²) in [5, 5.41) is 12.2. The van der Waals surface area contributed by atoms with E-state index in [1.165, 1.54) is 12.1 Å². The van der Waals surface area contributed by atoms with E-state index in [9.17, 15) is 14.9 Å². The topological polar surface area (TPSA) is 143 Å². The zero-order chi connectivity index (χ0) is 22.2. The normalized spacial score (nSPS) is 10.1. The number of anilines is 3. The van der Waals surface area contributed by atoms with Crippen LogP contribution in [-0.4, -0.2) is 27.4 Å². The van der Waals surface area contributed by atoms with Crippen molar-refractivity contribution < 1.29 is 14.5 Å². The Balaban J connectivity index is 1.62. The van der Waals surface area contributed by atoms with Crippen LogP contribution in [0, 0.1) is 10.1 Å². The Hall–Kier alpha value is -3.83. The van der Waals surface area contributed by atoms with Gasteiger partial charge in [-0.2, -0.15) is 0 Å². The molecule has 0 aliphatic rings. The lowest BCUT2D eigenvalue weighted by atomic mass is 10.3. The van der Waals surface area contributed by atoms with Crippen LogP contribution in [0.1, 0.15) is 0 Å². The number of amides is 1. The standard InChI is InChI=1S/C18H15Cl2N7O4/c19-11-6-7-14(13(20)8-11)31-9-15(28)24-26-18-16(27(29)30)17(21-10-22-18)25-23-12-4-2-1-3-5-12/h1-8,10,23H,9H2,(H,24,28)(H2,21,22,25,26). The van der Waals surface area contributed by atoms with Crippen molar-refractivity contribution >= 4 is 52.1 Å². The number of rotatable bonds is 9. The zero-order valence-electron chi connectivity index (χ0n) is 15.6. The second-order valence-electron chi connectivity index (χ2n) is 5.83. The molecule has 0 saturated heterocycles. The van der Waals surface area contributed by atoms with Crippen LogP contribution >= 0.6 is 23.2 Å². The molecule has 1 heterocycles. The quantitative estimate of drug-likeness (QED) is 0.276. The van der Waals surface area contributed by atoms with Gasteiger partial charge in [0, 0.05) is 5.02 Å². The molecular weight excluding hydrogens is 449 g/mol. The highest BCUT2D eigenvalue weighted by molar-refractivity contribution is 6.35. The lowest BCUT2D eigenvalue weighted by molar-refractivity contribution is -0.383. The molecule has 0 unspecified atom stereocenters. The Morgan fingerprint density at radius 2 is 1.74 bits per heavy atom. The van der Waals surface area contributed by atoms with Crippen molar-refractivity contribution in [1.29, 1.82) is 0 Å². The first kappa shape index (κ1) is 21.9. The molecule has 0 spiro atoms. The van der Waals surface area contributed by atoms with E-state index in [0.717, 1.165) is 6.33 Å². The molecule has 2 aromatic carbocycles. The van der Waals surface area contributed by atoms with Crippen molar-refractivity contribution in [1.82, 2.24) is 15.4 Å². The molecule has 13 heteroatoms. The van der Waals surface area contributed by atoms with Gasteiger partial charge in [0.2, 0.25) is 11.6 Å². The molecule has 0 fully saturated rings. The molecule has 11 nitrogen and oxygen atoms in total. The van der Waals surface area contributed by atoms with Gasteiger partial charge in [-0.05, 0) is 30.3 Å². The van der Waals surface area contributed by atoms with Gasteiger partial charge in [0.1, 0.15) is 12.1 Å². The Labute approximate surface area is 185 Å². The molecule has 0 atom stereocenters. The Kier molecular flexibility index (Phi) is 7.25. The van der Waals surface area contributed by atoms with E-state index in [-0.39, 0.29) is 22.4 Å². The number of halogens is 2. The first-order valence-corrected chi connectivity index (χ1v) is 9.39. The van der Waals surface area contributed by atoms with Crippen molar-refractivity contribution in [3.8, 4) is 5.75 Å². The van der Waals surface area contributed by atoms with Gasteiger partial charge < -0.3 is 4.74 Å². The van der Waals surface area contributed by atoms with Crippen LogP contribution in [0.5, 0.6) is 5.75 Å². The van der Waals surface area contributed by atoms with Crippen molar-refractivity contribution in [2.45, 2.75) is 0 Å². The van der Waals surface area contributed by atoms with Crippen molar-refractivity contribution in [2.75, 3.05) is 22.9 Å². The molecule has 3 aromatic rings. The molecule has 4 N–H and O–H groups in total. The molecule has 31 heavy (non-hydrogen) atoms. The summed E-state index contributed by atoms with van der Waals surface area (Å²) in [5.74, 6) is -0.705. The molecule has 160 valence electrons. The minimum atomic E-state index is -0.687. The zero-order valence-corrected chi connectivity index (χ0v) is 17.1. The lowest BCUT2D eigenvalue weighted by Gasteiger charge is -2.12. The van der Waals surface area contributed by atoms with Gasteiger partial charge in [-0.3, -0.25) is 36.6 Å². The first-order valence-electron chi connectivity index (χ1n) is 8.63. The SMILES string of the molecule is O=C(COc1ccc(Cl)cc1Cl)NNc1ncnc(NNc2ccccc2)c1[N+](=O)[O-]. The van der Waals surface area contributed by atoms with Gasteiger partial charge in [0.25, 0.3) is 5.91 Å². The average Bonchev–Trinajstić information content (AvgIpc) is 2.76. The maximum absolute atomic E-state index is 12.0. The third-order valence-electron chi connectivity index (χ3n) is 3.68. The van der Waals surface area contributed by atoms with E-state index in [1.54, 1.807) is 30.3 Å². The summed E-state index contributed by atoms with van der Waals surface area (Å²) >= 11 is 11.8. The largest absolute Gasteiger partial charge is 0.482 e. The molecule has 0 radical (unpaired) electrons. The van der Waals surface area contributed by atoms with E-state index >= 15 is 0 Å². The van der Waals surface area contributed by atoms with Gasteiger partial charge in [-0.1, -0.05) is 41.4 Å². The number of carbonyl (C=O) groups excluding carboxylic acids is 1. The van der Waals surface area contributed by atoms with Crippen molar-refractivity contribution in [2.24, 2.45) is 0 Å². The van der Waals surface area contributed by atoms with Crippen LogP contribution in [0.25, 0.3) is 0 Å². The van der Waals surface area contributed by atoms with Crippen LogP contribution < -0.4 is 26.4 Å². The number of benzene rings is 2. The highest BCUT2D eigenvalue weighted by atomic mass is 35.5. The van der Waals surface area contributed by atoms with E-state index in [2.05, 4.69) is 31.7 Å². The second-order valence-corrected chi connectivity index (χ2v) is 6.67. The summed E-state index contributed by atoms with van der Waals surface area (Å²) in [6.07, 6.45) is 1.10. The smallest absolute Gasteiger partial charge is 0.356 e. The fourth-order valence-corrected chi connectivity index (χ4v) is 2.75. The maximum Gasteiger partial charge on any atom is 0.356 e. The van der Waals surface area contributed by atoms with Gasteiger partial charge in [0.05, 0.1) is 15.6 Å². The molecular formula is C18H15Cl2N7O4. The summed E-state index contributed by atoms with van der Waals surface area (Å²) in [4.78, 5) is 30.6. The Bertz CT molecular complexity index is 1090. The number of nitrogens with zero attached hydrogens (tertiary/aromatic N) is 3. The third kappa shape index (κ3) is 6.07. The van der Waals surface area contributed by atoms with Gasteiger partial charge in [-0.15, -0.1) is 0 Å². The number of nitro groups is 1. The van der Waals surface area contributed by atoms with Gasteiger partial charge in [0.15, 0.2) is 6.61 Å². The van der Waals surface area contributed by atoms with E-state index in [1.807, 2.05) is 6.07 Å². The van der Waals surface area contributed by atoms with Crippen LogP contribution in [0.4, 0.5) is 23.0 Å². The molecule has 0 aliphatic heterocycles. The van der Waals surface area contributed by atoms with Crippen LogP contribution in [0.2, 0.25) is 10.0 Å². The van der Waals surface area contributed by atoms with Crippen molar-refractivity contribution in [3.63, 3.8) is 0 Å². The van der Waals surface area contributed by atoms with E-state index in [0.29, 0.717) is 10.7 Å². The maximum atomic E-state index is 12.0. The molecule has 0 bridgehead atoms. The fourth-order valence-electron chi connectivity index (χ4n) is 2.29. The fraction of sp³-hybridized carbons (Fsp3) is 0.0556. The summed E-state index contributed by atoms with van der Waals surface area (Å²) in [5.41, 5.74) is 10.3. The van der Waals surface area contributed by atoms with Crippen molar-refractivity contribution in [3.05, 3.63) is 75.0 Å². The summed E-state index contributed by atoms with van der Waals surface area (Å²) < 4.78 is 5.30. The molecule has 0 saturated carbocycles. The Morgan fingerprint density at radius 3 is 2.42 bits per heavy atom. The number of para-hydroxylation sites is 1. The monoisotopic (exact) mass is 463 g/mol. The minimum Gasteiger partial charge on any atom is -0.482 e. The van der Waals surface area contributed by atoms with Gasteiger partial charge in [-0.25, -0.2) is 9.97 Å². The number of hydrogen-bond acceptors (Lipinski definition) is 9. The first-order chi connectivity index (χ1) is 14.9. The number of ether oxygens (including phenoxy) is 1. The second kappa shape index (κ2) is 10.3. The number of hydrazine groups is 2. The predicted octanol–water partition coefficient (Wildman–Crippen LogP) is 3.65. The Morgan fingerprint density at radius 1 is 1.03 bits per heavy atom. The molecule has 0 aliphatic carbocycles.